The van der Waals surface area contributed by atoms with Gasteiger partial charge in [-0.2, -0.15) is 0 Å². The summed E-state index contributed by atoms with van der Waals surface area (Å²) < 4.78 is 0. The number of carboxylic acid groups (broad SMARTS) is 1. The summed E-state index contributed by atoms with van der Waals surface area (Å²) in [7, 11) is 0. The number of likely N-dealkylation sites (tertiary alicyclic amines) is 1. The van der Waals surface area contributed by atoms with E-state index in [0.717, 1.165) is 13.1 Å². The van der Waals surface area contributed by atoms with Crippen LogP contribution in [0.2, 0.25) is 0 Å². The van der Waals surface area contributed by atoms with Gasteiger partial charge in [-0.1, -0.05) is 13.8 Å². The van der Waals surface area contributed by atoms with Crippen molar-refractivity contribution >= 4 is 11.9 Å². The maximum Gasteiger partial charge on any atom is 0.317 e. The molecule has 0 aromatic carbocycles. The fourth-order valence-electron chi connectivity index (χ4n) is 1.13. The smallest absolute Gasteiger partial charge is 0.317 e. The Morgan fingerprint density at radius 2 is 1.69 bits per heavy atom. The molecule has 6 heteroatoms. The Kier molecular flexibility index (Phi) is 12.6. The number of carbonyl (C=O) groups is 1. The van der Waals surface area contributed by atoms with Crippen molar-refractivity contribution in [1.82, 2.24) is 4.90 Å². The summed E-state index contributed by atoms with van der Waals surface area (Å²) >= 11 is 0. The number of rotatable bonds is 1. The Hall–Kier alpha value is -1.30. The SMILES string of the molecule is CC.N=C(N)N1CCCCC1.NCC(=O)O. The van der Waals surface area contributed by atoms with Crippen LogP contribution in [0.3, 0.4) is 0 Å². The van der Waals surface area contributed by atoms with Crippen molar-refractivity contribution in [3.8, 4) is 0 Å². The first kappa shape index (κ1) is 17.1. The first-order valence-corrected chi connectivity index (χ1v) is 5.58. The van der Waals surface area contributed by atoms with E-state index in [1.807, 2.05) is 18.7 Å². The van der Waals surface area contributed by atoms with Crippen LogP contribution in [-0.2, 0) is 4.79 Å². The first-order valence-electron chi connectivity index (χ1n) is 5.58. The number of nitrogens with zero attached hydrogens (tertiary/aromatic N) is 1. The standard InChI is InChI=1S/C6H13N3.C2H5NO2.C2H6/c7-6(8)9-4-2-1-3-5-9;3-1-2(4)5;1-2/h1-5H2,(H3,7,8);1,3H2,(H,4,5);1-2H3. The summed E-state index contributed by atoms with van der Waals surface area (Å²) in [6.07, 6.45) is 3.68. The van der Waals surface area contributed by atoms with Crippen LogP contribution in [0.15, 0.2) is 0 Å². The Balaban J connectivity index is 0. The summed E-state index contributed by atoms with van der Waals surface area (Å²) in [5.74, 6) is -0.736. The number of piperidine rings is 1. The molecule has 0 radical (unpaired) electrons. The normalized spacial score (nSPS) is 13.8. The quantitative estimate of drug-likeness (QED) is 0.386. The average Bonchev–Trinajstić information content (AvgIpc) is 2.33. The molecule has 0 aliphatic carbocycles. The Morgan fingerprint density at radius 3 is 1.88 bits per heavy atom. The zero-order valence-corrected chi connectivity index (χ0v) is 10.2. The van der Waals surface area contributed by atoms with Gasteiger partial charge in [-0.25, -0.2) is 0 Å². The predicted molar refractivity (Wildman–Crippen MR) is 65.4 cm³/mol. The fraction of sp³-hybridized carbons (Fsp3) is 0.800. The third-order valence-corrected chi connectivity index (χ3v) is 1.87. The number of guanidine groups is 1. The van der Waals surface area contributed by atoms with Crippen molar-refractivity contribution in [2.45, 2.75) is 33.1 Å². The Labute approximate surface area is 97.1 Å². The number of aliphatic carboxylic acids is 1. The number of hydrogen-bond acceptors (Lipinski definition) is 3. The van der Waals surface area contributed by atoms with Crippen molar-refractivity contribution in [2.75, 3.05) is 19.6 Å². The highest BCUT2D eigenvalue weighted by molar-refractivity contribution is 5.74. The highest BCUT2D eigenvalue weighted by atomic mass is 16.4. The van der Waals surface area contributed by atoms with Gasteiger partial charge >= 0.3 is 5.97 Å². The van der Waals surface area contributed by atoms with Gasteiger partial charge in [0.1, 0.15) is 0 Å². The lowest BCUT2D eigenvalue weighted by atomic mass is 10.1. The highest BCUT2D eigenvalue weighted by Crippen LogP contribution is 2.06. The third kappa shape index (κ3) is 10.8. The second-order valence-corrected chi connectivity index (χ2v) is 3.03. The molecular weight excluding hydrogens is 208 g/mol. The molecule has 0 saturated carbocycles. The molecule has 0 aromatic heterocycles. The minimum atomic E-state index is -0.968. The van der Waals surface area contributed by atoms with E-state index in [2.05, 4.69) is 5.73 Å². The molecule has 0 spiro atoms. The van der Waals surface area contributed by atoms with Crippen LogP contribution >= 0.6 is 0 Å². The molecule has 1 saturated heterocycles. The molecule has 96 valence electrons. The topological polar surface area (TPSA) is 116 Å². The van der Waals surface area contributed by atoms with Crippen LogP contribution in [0.5, 0.6) is 0 Å². The van der Waals surface area contributed by atoms with E-state index in [4.69, 9.17) is 16.2 Å². The molecule has 6 N–H and O–H groups in total. The Bertz CT molecular complexity index is 191. The average molecular weight is 232 g/mol. The number of nitrogens with two attached hydrogens (primary N) is 2. The molecule has 1 rings (SSSR count). The van der Waals surface area contributed by atoms with Crippen LogP contribution in [0.25, 0.3) is 0 Å². The van der Waals surface area contributed by atoms with Crippen LogP contribution in [0.4, 0.5) is 0 Å². The van der Waals surface area contributed by atoms with E-state index in [0.29, 0.717) is 0 Å². The molecule has 1 fully saturated rings. The molecule has 1 aliphatic heterocycles. The molecule has 1 heterocycles. The molecule has 6 nitrogen and oxygen atoms in total. The molecule has 0 unspecified atom stereocenters. The van der Waals surface area contributed by atoms with Crippen LogP contribution < -0.4 is 11.5 Å². The lowest BCUT2D eigenvalue weighted by Crippen LogP contribution is -2.39. The highest BCUT2D eigenvalue weighted by Gasteiger charge is 2.09. The van der Waals surface area contributed by atoms with Crippen LogP contribution in [0.1, 0.15) is 33.1 Å². The first-order chi connectivity index (χ1) is 7.57. The number of nitrogens with one attached hydrogen (secondary N) is 1. The maximum absolute atomic E-state index is 9.24. The summed E-state index contributed by atoms with van der Waals surface area (Å²) in [5.41, 5.74) is 9.85. The molecular formula is C10H24N4O2. The van der Waals surface area contributed by atoms with Gasteiger partial charge in [-0.05, 0) is 19.3 Å². The van der Waals surface area contributed by atoms with Gasteiger partial charge < -0.3 is 21.5 Å². The molecule has 0 amide bonds. The zero-order chi connectivity index (χ0) is 13.0. The van der Waals surface area contributed by atoms with Crippen molar-refractivity contribution in [3.63, 3.8) is 0 Å². The molecule has 0 aromatic rings. The van der Waals surface area contributed by atoms with E-state index in [-0.39, 0.29) is 12.5 Å². The number of hydrogen-bond donors (Lipinski definition) is 4. The van der Waals surface area contributed by atoms with Gasteiger partial charge in [0.05, 0.1) is 6.54 Å². The lowest BCUT2D eigenvalue weighted by Gasteiger charge is -2.26. The second kappa shape index (κ2) is 11.8. The van der Waals surface area contributed by atoms with Crippen LogP contribution in [-0.4, -0.2) is 41.6 Å². The van der Waals surface area contributed by atoms with Gasteiger partial charge in [-0.15, -0.1) is 0 Å². The van der Waals surface area contributed by atoms with Gasteiger partial charge in [0.2, 0.25) is 0 Å². The van der Waals surface area contributed by atoms with E-state index in [1.54, 1.807) is 0 Å². The van der Waals surface area contributed by atoms with Gasteiger partial charge in [0.15, 0.2) is 5.96 Å². The van der Waals surface area contributed by atoms with Crippen molar-refractivity contribution in [3.05, 3.63) is 0 Å². The van der Waals surface area contributed by atoms with Gasteiger partial charge in [-0.3, -0.25) is 10.2 Å². The third-order valence-electron chi connectivity index (χ3n) is 1.87. The van der Waals surface area contributed by atoms with Gasteiger partial charge in [0, 0.05) is 13.1 Å². The van der Waals surface area contributed by atoms with Crippen LogP contribution in [0, 0.1) is 5.41 Å². The van der Waals surface area contributed by atoms with E-state index >= 15 is 0 Å². The van der Waals surface area contributed by atoms with Crippen molar-refractivity contribution < 1.29 is 9.90 Å². The summed E-state index contributed by atoms with van der Waals surface area (Å²) in [5, 5.41) is 14.7. The summed E-state index contributed by atoms with van der Waals surface area (Å²) in [6.45, 7) is 5.69. The molecule has 0 bridgehead atoms. The minimum absolute atomic E-state index is 0.231. The van der Waals surface area contributed by atoms with E-state index in [1.165, 1.54) is 19.3 Å². The second-order valence-electron chi connectivity index (χ2n) is 3.03. The monoisotopic (exact) mass is 232 g/mol. The lowest BCUT2D eigenvalue weighted by molar-refractivity contribution is -0.135. The minimum Gasteiger partial charge on any atom is -0.480 e. The summed E-state index contributed by atoms with van der Waals surface area (Å²) in [4.78, 5) is 11.2. The zero-order valence-electron chi connectivity index (χ0n) is 10.2. The summed E-state index contributed by atoms with van der Waals surface area (Å²) in [6, 6.07) is 0. The van der Waals surface area contributed by atoms with Crippen molar-refractivity contribution in [1.29, 1.82) is 5.41 Å². The van der Waals surface area contributed by atoms with Crippen molar-refractivity contribution in [2.24, 2.45) is 11.5 Å². The molecule has 1 aliphatic rings. The molecule has 0 atom stereocenters. The predicted octanol–water partition coefficient (Wildman–Crippen LogP) is 0.422. The fourth-order valence-corrected chi connectivity index (χ4v) is 1.13. The Morgan fingerprint density at radius 1 is 1.31 bits per heavy atom. The van der Waals surface area contributed by atoms with Gasteiger partial charge in [0.25, 0.3) is 0 Å². The molecule has 16 heavy (non-hydrogen) atoms. The van der Waals surface area contributed by atoms with E-state index in [9.17, 15) is 4.79 Å². The number of carboxylic acids is 1. The maximum atomic E-state index is 9.24. The largest absolute Gasteiger partial charge is 0.480 e. The van der Waals surface area contributed by atoms with E-state index < -0.39 is 5.97 Å².